The fourth-order valence-electron chi connectivity index (χ4n) is 3.43. The van der Waals surface area contributed by atoms with E-state index in [0.29, 0.717) is 21.3 Å². The number of para-hydroxylation sites is 1. The molecule has 0 aliphatic heterocycles. The van der Waals surface area contributed by atoms with Crippen LogP contribution in [-0.4, -0.2) is 25.2 Å². The zero-order valence-electron chi connectivity index (χ0n) is 19.0. The van der Waals surface area contributed by atoms with Crippen LogP contribution in [0.25, 0.3) is 0 Å². The minimum Gasteiger partial charge on any atom is -0.324 e. The summed E-state index contributed by atoms with van der Waals surface area (Å²) < 4.78 is 28.1. The Balaban J connectivity index is 1.59. The minimum atomic E-state index is -4.00. The van der Waals surface area contributed by atoms with Crippen LogP contribution >= 0.6 is 35.0 Å². The van der Waals surface area contributed by atoms with Gasteiger partial charge in [-0.15, -0.1) is 0 Å². The first-order valence-corrected chi connectivity index (χ1v) is 13.9. The summed E-state index contributed by atoms with van der Waals surface area (Å²) in [6.45, 7) is -0.498. The van der Waals surface area contributed by atoms with E-state index in [1.54, 1.807) is 42.5 Å². The Morgan fingerprint density at radius 3 is 2.17 bits per heavy atom. The van der Waals surface area contributed by atoms with Crippen molar-refractivity contribution in [3.05, 3.63) is 119 Å². The van der Waals surface area contributed by atoms with Crippen LogP contribution in [0.5, 0.6) is 0 Å². The molecular weight excluding hydrogens is 535 g/mol. The molecular formula is C27H22Cl2N2O3S2. The zero-order valence-corrected chi connectivity index (χ0v) is 22.1. The van der Waals surface area contributed by atoms with Crippen LogP contribution in [0.4, 0.5) is 5.69 Å². The molecule has 0 fully saturated rings. The lowest BCUT2D eigenvalue weighted by molar-refractivity contribution is -0.116. The predicted molar refractivity (Wildman–Crippen MR) is 146 cm³/mol. The summed E-state index contributed by atoms with van der Waals surface area (Å²) in [5.41, 5.74) is 1.13. The molecule has 0 saturated heterocycles. The number of anilines is 1. The number of sulfonamides is 1. The van der Waals surface area contributed by atoms with E-state index in [1.165, 1.54) is 23.9 Å². The number of hydrogen-bond donors (Lipinski definition) is 1. The van der Waals surface area contributed by atoms with Crippen molar-refractivity contribution in [1.29, 1.82) is 0 Å². The van der Waals surface area contributed by atoms with Gasteiger partial charge in [-0.1, -0.05) is 89.6 Å². The predicted octanol–water partition coefficient (Wildman–Crippen LogP) is 6.97. The summed E-state index contributed by atoms with van der Waals surface area (Å²) in [7, 11) is -4.00. The monoisotopic (exact) mass is 556 g/mol. The van der Waals surface area contributed by atoms with Crippen LogP contribution in [0.2, 0.25) is 10.0 Å². The Morgan fingerprint density at radius 1 is 0.833 bits per heavy atom. The second kappa shape index (κ2) is 12.0. The number of halogens is 2. The van der Waals surface area contributed by atoms with E-state index >= 15 is 0 Å². The van der Waals surface area contributed by atoms with Crippen molar-refractivity contribution in [2.24, 2.45) is 0 Å². The molecule has 36 heavy (non-hydrogen) atoms. The maximum atomic E-state index is 13.5. The summed E-state index contributed by atoms with van der Waals surface area (Å²) >= 11 is 13.8. The normalized spacial score (nSPS) is 11.4. The lowest BCUT2D eigenvalue weighted by Gasteiger charge is -2.23. The molecule has 4 aromatic carbocycles. The van der Waals surface area contributed by atoms with Gasteiger partial charge in [0, 0.05) is 26.4 Å². The van der Waals surface area contributed by atoms with Crippen LogP contribution < -0.4 is 5.32 Å². The van der Waals surface area contributed by atoms with Gasteiger partial charge in [-0.25, -0.2) is 8.42 Å². The van der Waals surface area contributed by atoms with Gasteiger partial charge in [0.2, 0.25) is 15.9 Å². The maximum absolute atomic E-state index is 13.5. The number of carbonyl (C=O) groups excluding carboxylic acids is 1. The molecule has 184 valence electrons. The third-order valence-corrected chi connectivity index (χ3v) is 8.67. The number of amides is 1. The third-order valence-electron chi connectivity index (χ3n) is 5.19. The summed E-state index contributed by atoms with van der Waals surface area (Å²) in [6, 6.07) is 30.0. The molecule has 0 atom stereocenters. The number of nitrogens with one attached hydrogen (secondary N) is 1. The van der Waals surface area contributed by atoms with Gasteiger partial charge in [0.1, 0.15) is 0 Å². The fourth-order valence-corrected chi connectivity index (χ4v) is 6.22. The lowest BCUT2D eigenvalue weighted by Crippen LogP contribution is -2.37. The minimum absolute atomic E-state index is 0.0860. The van der Waals surface area contributed by atoms with Crippen LogP contribution in [0.15, 0.2) is 118 Å². The molecule has 0 aliphatic rings. The van der Waals surface area contributed by atoms with Crippen molar-refractivity contribution in [3.8, 4) is 0 Å². The smallest absolute Gasteiger partial charge is 0.243 e. The molecule has 1 N–H and O–H groups in total. The van der Waals surface area contributed by atoms with Gasteiger partial charge in [0.25, 0.3) is 0 Å². The van der Waals surface area contributed by atoms with E-state index in [0.717, 1.165) is 14.1 Å². The molecule has 1 amide bonds. The van der Waals surface area contributed by atoms with E-state index in [4.69, 9.17) is 23.2 Å². The first-order valence-electron chi connectivity index (χ1n) is 10.9. The molecule has 5 nitrogen and oxygen atoms in total. The maximum Gasteiger partial charge on any atom is 0.243 e. The van der Waals surface area contributed by atoms with Gasteiger partial charge < -0.3 is 5.32 Å². The lowest BCUT2D eigenvalue weighted by atomic mass is 10.2. The highest BCUT2D eigenvalue weighted by Crippen LogP contribution is 2.33. The van der Waals surface area contributed by atoms with Crippen LogP contribution in [0, 0.1) is 0 Å². The van der Waals surface area contributed by atoms with Crippen molar-refractivity contribution in [1.82, 2.24) is 4.31 Å². The molecule has 0 bridgehead atoms. The number of carbonyl (C=O) groups is 1. The Morgan fingerprint density at radius 2 is 1.47 bits per heavy atom. The van der Waals surface area contributed by atoms with E-state index < -0.39 is 22.5 Å². The summed E-state index contributed by atoms with van der Waals surface area (Å²) in [5.74, 6) is -0.472. The molecule has 0 saturated carbocycles. The summed E-state index contributed by atoms with van der Waals surface area (Å²) in [5, 5.41) is 3.63. The Hall–Kier alpha value is -2.81. The zero-order chi connectivity index (χ0) is 25.5. The molecule has 0 unspecified atom stereocenters. The number of rotatable bonds is 9. The SMILES string of the molecule is O=C(CN(Cc1ccc(Cl)cc1Cl)S(=O)(=O)c1ccccc1)Nc1ccccc1Sc1ccccc1. The second-order valence-electron chi connectivity index (χ2n) is 7.78. The summed E-state index contributed by atoms with van der Waals surface area (Å²) in [4.78, 5) is 15.1. The number of hydrogen-bond acceptors (Lipinski definition) is 4. The average Bonchev–Trinajstić information content (AvgIpc) is 2.87. The third kappa shape index (κ3) is 6.69. The van der Waals surface area contributed by atoms with Crippen LogP contribution in [0.1, 0.15) is 5.56 Å². The molecule has 0 aliphatic carbocycles. The van der Waals surface area contributed by atoms with Crippen molar-refractivity contribution >= 4 is 56.6 Å². The molecule has 9 heteroatoms. The first kappa shape index (κ1) is 26.3. The van der Waals surface area contributed by atoms with E-state index in [-0.39, 0.29) is 11.4 Å². The van der Waals surface area contributed by atoms with E-state index in [2.05, 4.69) is 5.32 Å². The van der Waals surface area contributed by atoms with Gasteiger partial charge >= 0.3 is 0 Å². The topological polar surface area (TPSA) is 66.5 Å². The van der Waals surface area contributed by atoms with Gasteiger partial charge in [0.05, 0.1) is 17.1 Å². The van der Waals surface area contributed by atoms with Gasteiger partial charge in [-0.3, -0.25) is 4.79 Å². The fraction of sp³-hybridized carbons (Fsp3) is 0.0741. The number of benzene rings is 4. The average molecular weight is 558 g/mol. The largest absolute Gasteiger partial charge is 0.324 e. The van der Waals surface area contributed by atoms with Crippen molar-refractivity contribution in [2.45, 2.75) is 21.2 Å². The Kier molecular flexibility index (Phi) is 8.72. The van der Waals surface area contributed by atoms with Crippen molar-refractivity contribution < 1.29 is 13.2 Å². The molecule has 0 radical (unpaired) electrons. The Bertz CT molecular complexity index is 1450. The molecule has 0 heterocycles. The van der Waals surface area contributed by atoms with E-state index in [9.17, 15) is 13.2 Å². The highest BCUT2D eigenvalue weighted by atomic mass is 35.5. The summed E-state index contributed by atoms with van der Waals surface area (Å²) in [6.07, 6.45) is 0. The Labute approximate surface area is 225 Å². The molecule has 4 rings (SSSR count). The van der Waals surface area contributed by atoms with Crippen molar-refractivity contribution in [3.63, 3.8) is 0 Å². The molecule has 0 aromatic heterocycles. The highest BCUT2D eigenvalue weighted by Gasteiger charge is 2.27. The van der Waals surface area contributed by atoms with E-state index in [1.807, 2.05) is 48.5 Å². The van der Waals surface area contributed by atoms with Crippen LogP contribution in [0.3, 0.4) is 0 Å². The quantitative estimate of drug-likeness (QED) is 0.241. The first-order chi connectivity index (χ1) is 17.3. The van der Waals surface area contributed by atoms with Gasteiger partial charge in [-0.2, -0.15) is 4.31 Å². The standard InChI is InChI=1S/C27H22Cl2N2O3S2/c28-21-16-15-20(24(29)17-21)18-31(36(33,34)23-11-5-2-6-12-23)19-27(32)30-25-13-7-8-14-26(25)35-22-9-3-1-4-10-22/h1-17H,18-19H2,(H,30,32). The second-order valence-corrected chi connectivity index (χ2v) is 11.7. The van der Waals surface area contributed by atoms with Gasteiger partial charge in [-0.05, 0) is 54.1 Å². The number of nitrogens with zero attached hydrogens (tertiary/aromatic N) is 1. The van der Waals surface area contributed by atoms with Crippen LogP contribution in [-0.2, 0) is 21.4 Å². The van der Waals surface area contributed by atoms with Gasteiger partial charge in [0.15, 0.2) is 0 Å². The highest BCUT2D eigenvalue weighted by molar-refractivity contribution is 7.99. The molecule has 4 aromatic rings. The van der Waals surface area contributed by atoms with Crippen molar-refractivity contribution in [2.75, 3.05) is 11.9 Å². The molecule has 0 spiro atoms.